The summed E-state index contributed by atoms with van der Waals surface area (Å²) in [6.07, 6.45) is 6.08. The SMILES string of the molecule is Cc1nc(N2CCCC(c3ccncc3)C2)ccc1C#N. The summed E-state index contributed by atoms with van der Waals surface area (Å²) >= 11 is 0. The third-order valence-electron chi connectivity index (χ3n) is 4.11. The maximum Gasteiger partial charge on any atom is 0.128 e. The molecule has 4 heteroatoms. The van der Waals surface area contributed by atoms with Crippen LogP contribution in [-0.2, 0) is 0 Å². The molecule has 1 aliphatic heterocycles. The van der Waals surface area contributed by atoms with Crippen LogP contribution in [0.1, 0.15) is 35.6 Å². The first-order valence-corrected chi connectivity index (χ1v) is 7.30. The standard InChI is InChI=1S/C17H18N4/c1-13-15(11-18)4-5-17(20-13)21-10-2-3-16(12-21)14-6-8-19-9-7-14/h4-9,16H,2-3,10,12H2,1H3. The number of piperidine rings is 1. The summed E-state index contributed by atoms with van der Waals surface area (Å²) in [5.41, 5.74) is 2.81. The van der Waals surface area contributed by atoms with Gasteiger partial charge in [-0.3, -0.25) is 4.98 Å². The molecule has 2 aromatic heterocycles. The monoisotopic (exact) mass is 278 g/mol. The van der Waals surface area contributed by atoms with Gasteiger partial charge >= 0.3 is 0 Å². The zero-order chi connectivity index (χ0) is 14.7. The van der Waals surface area contributed by atoms with Gasteiger partial charge in [-0.2, -0.15) is 5.26 Å². The van der Waals surface area contributed by atoms with Crippen LogP contribution in [0.4, 0.5) is 5.82 Å². The summed E-state index contributed by atoms with van der Waals surface area (Å²) < 4.78 is 0. The third-order valence-corrected chi connectivity index (χ3v) is 4.11. The molecule has 1 fully saturated rings. The van der Waals surface area contributed by atoms with Crippen molar-refractivity contribution in [1.29, 1.82) is 5.26 Å². The molecule has 21 heavy (non-hydrogen) atoms. The van der Waals surface area contributed by atoms with Crippen molar-refractivity contribution in [3.8, 4) is 6.07 Å². The highest BCUT2D eigenvalue weighted by molar-refractivity contribution is 5.46. The highest BCUT2D eigenvalue weighted by Crippen LogP contribution is 2.29. The maximum absolute atomic E-state index is 9.00. The molecule has 0 aliphatic carbocycles. The van der Waals surface area contributed by atoms with Gasteiger partial charge in [0.1, 0.15) is 11.9 Å². The highest BCUT2D eigenvalue weighted by atomic mass is 15.2. The van der Waals surface area contributed by atoms with Crippen LogP contribution in [0.2, 0.25) is 0 Å². The first kappa shape index (κ1) is 13.6. The molecular formula is C17H18N4. The van der Waals surface area contributed by atoms with Crippen LogP contribution in [-0.4, -0.2) is 23.1 Å². The Morgan fingerprint density at radius 1 is 1.24 bits per heavy atom. The van der Waals surface area contributed by atoms with E-state index in [-0.39, 0.29) is 0 Å². The van der Waals surface area contributed by atoms with Crippen molar-refractivity contribution in [2.75, 3.05) is 18.0 Å². The van der Waals surface area contributed by atoms with Crippen molar-refractivity contribution >= 4 is 5.82 Å². The van der Waals surface area contributed by atoms with Gasteiger partial charge in [-0.15, -0.1) is 0 Å². The molecule has 106 valence electrons. The Morgan fingerprint density at radius 3 is 2.76 bits per heavy atom. The van der Waals surface area contributed by atoms with Crippen LogP contribution in [0, 0.1) is 18.3 Å². The van der Waals surface area contributed by atoms with Gasteiger partial charge < -0.3 is 4.90 Å². The molecule has 2 aromatic rings. The zero-order valence-corrected chi connectivity index (χ0v) is 12.2. The first-order valence-electron chi connectivity index (χ1n) is 7.30. The molecule has 3 rings (SSSR count). The molecule has 0 N–H and O–H groups in total. The van der Waals surface area contributed by atoms with Crippen LogP contribution in [0.5, 0.6) is 0 Å². The summed E-state index contributed by atoms with van der Waals surface area (Å²) in [6.45, 7) is 3.90. The zero-order valence-electron chi connectivity index (χ0n) is 12.2. The van der Waals surface area contributed by atoms with Crippen molar-refractivity contribution in [2.24, 2.45) is 0 Å². The Bertz CT molecular complexity index is 660. The van der Waals surface area contributed by atoms with Gasteiger partial charge in [-0.1, -0.05) is 0 Å². The van der Waals surface area contributed by atoms with E-state index in [4.69, 9.17) is 5.26 Å². The summed E-state index contributed by atoms with van der Waals surface area (Å²) in [5, 5.41) is 9.00. The Labute approximate surface area is 125 Å². The normalized spacial score (nSPS) is 18.3. The summed E-state index contributed by atoms with van der Waals surface area (Å²) in [4.78, 5) is 11.0. The molecule has 1 unspecified atom stereocenters. The molecular weight excluding hydrogens is 260 g/mol. The van der Waals surface area contributed by atoms with E-state index in [0.717, 1.165) is 31.0 Å². The minimum Gasteiger partial charge on any atom is -0.356 e. The quantitative estimate of drug-likeness (QED) is 0.847. The predicted octanol–water partition coefficient (Wildman–Crippen LogP) is 3.04. The Balaban J connectivity index is 1.80. The van der Waals surface area contributed by atoms with E-state index in [9.17, 15) is 0 Å². The van der Waals surface area contributed by atoms with Crippen LogP contribution < -0.4 is 4.90 Å². The number of aromatic nitrogens is 2. The first-order chi connectivity index (χ1) is 10.3. The molecule has 0 radical (unpaired) electrons. The van der Waals surface area contributed by atoms with Crippen molar-refractivity contribution in [1.82, 2.24) is 9.97 Å². The number of nitrogens with zero attached hydrogens (tertiary/aromatic N) is 4. The van der Waals surface area contributed by atoms with E-state index in [1.165, 1.54) is 12.0 Å². The van der Waals surface area contributed by atoms with Crippen molar-refractivity contribution in [3.63, 3.8) is 0 Å². The van der Waals surface area contributed by atoms with Crippen LogP contribution in [0.3, 0.4) is 0 Å². The van der Waals surface area contributed by atoms with Gasteiger partial charge in [0.15, 0.2) is 0 Å². The van der Waals surface area contributed by atoms with Gasteiger partial charge in [-0.25, -0.2) is 4.98 Å². The second-order valence-electron chi connectivity index (χ2n) is 5.48. The summed E-state index contributed by atoms with van der Waals surface area (Å²) in [5.74, 6) is 1.50. The number of hydrogen-bond acceptors (Lipinski definition) is 4. The molecule has 0 saturated carbocycles. The number of nitriles is 1. The van der Waals surface area contributed by atoms with Crippen LogP contribution in [0.15, 0.2) is 36.7 Å². The average molecular weight is 278 g/mol. The number of rotatable bonds is 2. The molecule has 1 atom stereocenters. The molecule has 0 spiro atoms. The fourth-order valence-corrected chi connectivity index (χ4v) is 2.93. The fraction of sp³-hybridized carbons (Fsp3) is 0.353. The molecule has 0 bridgehead atoms. The lowest BCUT2D eigenvalue weighted by atomic mass is 9.91. The van der Waals surface area contributed by atoms with E-state index >= 15 is 0 Å². The van der Waals surface area contributed by atoms with Gasteiger partial charge in [0.2, 0.25) is 0 Å². The van der Waals surface area contributed by atoms with Gasteiger partial charge in [0, 0.05) is 31.4 Å². The highest BCUT2D eigenvalue weighted by Gasteiger charge is 2.22. The number of pyridine rings is 2. The fourth-order valence-electron chi connectivity index (χ4n) is 2.93. The van der Waals surface area contributed by atoms with E-state index in [2.05, 4.69) is 33.1 Å². The largest absolute Gasteiger partial charge is 0.356 e. The Kier molecular flexibility index (Phi) is 3.83. The molecule has 1 saturated heterocycles. The van der Waals surface area contributed by atoms with Crippen molar-refractivity contribution in [2.45, 2.75) is 25.7 Å². The Morgan fingerprint density at radius 2 is 2.05 bits per heavy atom. The van der Waals surface area contributed by atoms with Gasteiger partial charge in [0.25, 0.3) is 0 Å². The van der Waals surface area contributed by atoms with E-state index in [1.54, 1.807) is 0 Å². The van der Waals surface area contributed by atoms with Crippen LogP contribution in [0.25, 0.3) is 0 Å². The lowest BCUT2D eigenvalue weighted by Crippen LogP contribution is -2.35. The van der Waals surface area contributed by atoms with Gasteiger partial charge in [-0.05, 0) is 49.6 Å². The van der Waals surface area contributed by atoms with Crippen molar-refractivity contribution in [3.05, 3.63) is 53.5 Å². The Hall–Kier alpha value is -2.41. The lowest BCUT2D eigenvalue weighted by Gasteiger charge is -2.34. The third kappa shape index (κ3) is 2.87. The number of hydrogen-bond donors (Lipinski definition) is 0. The molecule has 1 aliphatic rings. The molecule has 0 aromatic carbocycles. The summed E-state index contributed by atoms with van der Waals surface area (Å²) in [7, 11) is 0. The summed E-state index contributed by atoms with van der Waals surface area (Å²) in [6, 6.07) is 10.2. The van der Waals surface area contributed by atoms with E-state index in [1.807, 2.05) is 31.5 Å². The smallest absolute Gasteiger partial charge is 0.128 e. The lowest BCUT2D eigenvalue weighted by molar-refractivity contribution is 0.506. The van der Waals surface area contributed by atoms with Crippen molar-refractivity contribution < 1.29 is 0 Å². The maximum atomic E-state index is 9.00. The average Bonchev–Trinajstić information content (AvgIpc) is 2.56. The second-order valence-corrected chi connectivity index (χ2v) is 5.48. The van der Waals surface area contributed by atoms with E-state index in [0.29, 0.717) is 11.5 Å². The molecule has 0 amide bonds. The predicted molar refractivity (Wildman–Crippen MR) is 82.1 cm³/mol. The van der Waals surface area contributed by atoms with Gasteiger partial charge in [0.05, 0.1) is 11.3 Å². The molecule has 3 heterocycles. The number of aryl methyl sites for hydroxylation is 1. The van der Waals surface area contributed by atoms with E-state index < -0.39 is 0 Å². The minimum absolute atomic E-state index is 0.527. The minimum atomic E-state index is 0.527. The second kappa shape index (κ2) is 5.92. The van der Waals surface area contributed by atoms with Crippen LogP contribution >= 0.6 is 0 Å². The number of anilines is 1. The topological polar surface area (TPSA) is 52.8 Å². The molecule has 4 nitrogen and oxygen atoms in total.